The van der Waals surface area contributed by atoms with Crippen LogP contribution < -0.4 is 14.4 Å². The van der Waals surface area contributed by atoms with Crippen molar-refractivity contribution in [3.05, 3.63) is 53.1 Å². The lowest BCUT2D eigenvalue weighted by molar-refractivity contribution is 0.0662. The summed E-state index contributed by atoms with van der Waals surface area (Å²) in [5.74, 6) is 1.45. The summed E-state index contributed by atoms with van der Waals surface area (Å²) >= 11 is 6.15. The van der Waals surface area contributed by atoms with Gasteiger partial charge >= 0.3 is 0 Å². The number of anilines is 1. The molecule has 5 nitrogen and oxygen atoms in total. The van der Waals surface area contributed by atoms with Crippen molar-refractivity contribution in [2.45, 2.75) is 13.0 Å². The smallest absolute Gasteiger partial charge is 0.123 e. The van der Waals surface area contributed by atoms with Gasteiger partial charge in [0.15, 0.2) is 0 Å². The number of hydrogen-bond acceptors (Lipinski definition) is 5. The van der Waals surface area contributed by atoms with Crippen molar-refractivity contribution in [1.29, 1.82) is 0 Å². The van der Waals surface area contributed by atoms with E-state index in [2.05, 4.69) is 22.8 Å². The number of hydrogen-bond donors (Lipinski definition) is 1. The molecule has 1 atom stereocenters. The summed E-state index contributed by atoms with van der Waals surface area (Å²) < 4.78 is 10.9. The molecule has 0 radical (unpaired) electrons. The zero-order valence-electron chi connectivity index (χ0n) is 15.9. The minimum atomic E-state index is -0.532. The Morgan fingerprint density at radius 3 is 2.56 bits per heavy atom. The van der Waals surface area contributed by atoms with Crippen molar-refractivity contribution < 1.29 is 14.6 Å². The van der Waals surface area contributed by atoms with Crippen molar-refractivity contribution in [3.8, 4) is 11.5 Å². The van der Waals surface area contributed by atoms with Gasteiger partial charge in [-0.2, -0.15) is 0 Å². The van der Waals surface area contributed by atoms with E-state index in [-0.39, 0.29) is 6.61 Å². The summed E-state index contributed by atoms with van der Waals surface area (Å²) in [5, 5.41) is 11.1. The average Bonchev–Trinajstić information content (AvgIpc) is 2.69. The predicted molar refractivity (Wildman–Crippen MR) is 109 cm³/mol. The van der Waals surface area contributed by atoms with Crippen LogP contribution in [0.25, 0.3) is 0 Å². The molecule has 1 unspecified atom stereocenters. The highest BCUT2D eigenvalue weighted by Crippen LogP contribution is 2.25. The molecule has 1 N–H and O–H groups in total. The molecule has 1 fully saturated rings. The Morgan fingerprint density at radius 1 is 1.07 bits per heavy atom. The van der Waals surface area contributed by atoms with Gasteiger partial charge in [0.2, 0.25) is 0 Å². The zero-order chi connectivity index (χ0) is 19.2. The fourth-order valence-electron chi connectivity index (χ4n) is 3.33. The first-order valence-corrected chi connectivity index (χ1v) is 9.61. The van der Waals surface area contributed by atoms with Crippen LogP contribution in [0, 0.1) is 6.92 Å². The van der Waals surface area contributed by atoms with Gasteiger partial charge in [-0.3, -0.25) is 4.90 Å². The lowest BCUT2D eigenvalue weighted by atomic mass is 10.1. The van der Waals surface area contributed by atoms with Crippen molar-refractivity contribution >= 4 is 17.3 Å². The quantitative estimate of drug-likeness (QED) is 0.786. The summed E-state index contributed by atoms with van der Waals surface area (Å²) in [6, 6.07) is 13.4. The van der Waals surface area contributed by atoms with E-state index >= 15 is 0 Å². The van der Waals surface area contributed by atoms with E-state index in [0.717, 1.165) is 37.0 Å². The Bertz CT molecular complexity index is 748. The van der Waals surface area contributed by atoms with Crippen LogP contribution in [-0.2, 0) is 0 Å². The molecule has 1 aliphatic heterocycles. The first-order chi connectivity index (χ1) is 13.0. The Balaban J connectivity index is 1.45. The zero-order valence-corrected chi connectivity index (χ0v) is 16.7. The van der Waals surface area contributed by atoms with E-state index < -0.39 is 6.10 Å². The fourth-order valence-corrected chi connectivity index (χ4v) is 3.50. The minimum Gasteiger partial charge on any atom is -0.497 e. The number of piperazine rings is 1. The highest BCUT2D eigenvalue weighted by Gasteiger charge is 2.21. The number of benzene rings is 2. The van der Waals surface area contributed by atoms with Gasteiger partial charge in [0.25, 0.3) is 0 Å². The highest BCUT2D eigenvalue weighted by atomic mass is 35.5. The summed E-state index contributed by atoms with van der Waals surface area (Å²) in [5.41, 5.74) is 2.43. The summed E-state index contributed by atoms with van der Waals surface area (Å²) in [4.78, 5) is 4.63. The van der Waals surface area contributed by atoms with Gasteiger partial charge in [0.05, 0.1) is 7.11 Å². The van der Waals surface area contributed by atoms with Crippen molar-refractivity contribution in [2.24, 2.45) is 0 Å². The van der Waals surface area contributed by atoms with Gasteiger partial charge in [0, 0.05) is 49.5 Å². The Hall–Kier alpha value is -1.95. The molecule has 2 aromatic carbocycles. The Morgan fingerprint density at radius 2 is 1.81 bits per heavy atom. The molecule has 0 bridgehead atoms. The first-order valence-electron chi connectivity index (χ1n) is 9.23. The molecule has 1 saturated heterocycles. The molecule has 0 saturated carbocycles. The normalized spacial score (nSPS) is 16.2. The molecule has 1 aliphatic rings. The minimum absolute atomic E-state index is 0.265. The van der Waals surface area contributed by atoms with Crippen LogP contribution in [0.1, 0.15) is 5.56 Å². The number of methoxy groups -OCH3 is 1. The molecule has 6 heteroatoms. The second-order valence-electron chi connectivity index (χ2n) is 6.86. The summed E-state index contributed by atoms with van der Waals surface area (Å²) in [7, 11) is 1.62. The SMILES string of the molecule is COc1cccc(OCC(O)CN2CCN(c3cc(Cl)ccc3C)CC2)c1. The molecule has 27 heavy (non-hydrogen) atoms. The Kier molecular flexibility index (Phi) is 6.83. The number of aliphatic hydroxyl groups is 1. The van der Waals surface area contributed by atoms with E-state index in [1.165, 1.54) is 11.3 Å². The van der Waals surface area contributed by atoms with Crippen LogP contribution in [0.3, 0.4) is 0 Å². The summed E-state index contributed by atoms with van der Waals surface area (Å²) in [6.07, 6.45) is -0.532. The molecule has 146 valence electrons. The molecule has 0 amide bonds. The summed E-state index contributed by atoms with van der Waals surface area (Å²) in [6.45, 7) is 6.63. The van der Waals surface area contributed by atoms with Crippen LogP contribution in [0.2, 0.25) is 5.02 Å². The standard InChI is InChI=1S/C21H27ClN2O3/c1-16-6-7-17(22)12-21(16)24-10-8-23(9-11-24)14-18(25)15-27-20-5-3-4-19(13-20)26-2/h3-7,12-13,18,25H,8-11,14-15H2,1-2H3. The van der Waals surface area contributed by atoms with E-state index in [9.17, 15) is 5.11 Å². The first kappa shape index (κ1) is 19.8. The maximum Gasteiger partial charge on any atom is 0.123 e. The van der Waals surface area contributed by atoms with Crippen molar-refractivity contribution in [2.75, 3.05) is 51.3 Å². The third-order valence-electron chi connectivity index (χ3n) is 4.84. The predicted octanol–water partition coefficient (Wildman–Crippen LogP) is 3.22. The van der Waals surface area contributed by atoms with Gasteiger partial charge < -0.3 is 19.5 Å². The van der Waals surface area contributed by atoms with Gasteiger partial charge in [0.1, 0.15) is 24.2 Å². The van der Waals surface area contributed by atoms with E-state index in [4.69, 9.17) is 21.1 Å². The van der Waals surface area contributed by atoms with E-state index in [0.29, 0.717) is 12.3 Å². The molecule has 0 aromatic heterocycles. The number of nitrogens with zero attached hydrogens (tertiary/aromatic N) is 2. The van der Waals surface area contributed by atoms with Crippen molar-refractivity contribution in [1.82, 2.24) is 4.90 Å². The number of halogens is 1. The topological polar surface area (TPSA) is 45.2 Å². The number of aliphatic hydroxyl groups excluding tert-OH is 1. The largest absolute Gasteiger partial charge is 0.497 e. The number of ether oxygens (including phenoxy) is 2. The number of β-amino-alcohol motifs (C(OH)–C–C–N with tert-alkyl or cyclic N) is 1. The third kappa shape index (κ3) is 5.51. The highest BCUT2D eigenvalue weighted by molar-refractivity contribution is 6.30. The van der Waals surface area contributed by atoms with Gasteiger partial charge in [-0.15, -0.1) is 0 Å². The fraction of sp³-hybridized carbons (Fsp3) is 0.429. The van der Waals surface area contributed by atoms with E-state index in [1.54, 1.807) is 7.11 Å². The lowest BCUT2D eigenvalue weighted by Crippen LogP contribution is -2.49. The third-order valence-corrected chi connectivity index (χ3v) is 5.07. The maximum atomic E-state index is 10.3. The van der Waals surface area contributed by atoms with Gasteiger partial charge in [-0.1, -0.05) is 23.7 Å². The second-order valence-corrected chi connectivity index (χ2v) is 7.30. The number of aryl methyl sites for hydroxylation is 1. The van der Waals surface area contributed by atoms with Gasteiger partial charge in [-0.05, 0) is 36.8 Å². The monoisotopic (exact) mass is 390 g/mol. The molecule has 0 aliphatic carbocycles. The molecule has 2 aromatic rings. The van der Waals surface area contributed by atoms with Crippen LogP contribution in [0.15, 0.2) is 42.5 Å². The number of rotatable bonds is 7. The van der Waals surface area contributed by atoms with Crippen LogP contribution in [0.5, 0.6) is 11.5 Å². The molecule has 3 rings (SSSR count). The molecular formula is C21H27ClN2O3. The van der Waals surface area contributed by atoms with Crippen LogP contribution in [-0.4, -0.2) is 62.6 Å². The molecule has 1 heterocycles. The Labute approximate surface area is 166 Å². The van der Waals surface area contributed by atoms with E-state index in [1.807, 2.05) is 36.4 Å². The lowest BCUT2D eigenvalue weighted by Gasteiger charge is -2.37. The van der Waals surface area contributed by atoms with Crippen LogP contribution in [0.4, 0.5) is 5.69 Å². The maximum absolute atomic E-state index is 10.3. The second kappa shape index (κ2) is 9.31. The molecular weight excluding hydrogens is 364 g/mol. The van der Waals surface area contributed by atoms with Gasteiger partial charge in [-0.25, -0.2) is 0 Å². The van der Waals surface area contributed by atoms with Crippen molar-refractivity contribution in [3.63, 3.8) is 0 Å². The molecule has 0 spiro atoms. The van der Waals surface area contributed by atoms with Crippen LogP contribution >= 0.6 is 11.6 Å². The average molecular weight is 391 g/mol.